The summed E-state index contributed by atoms with van der Waals surface area (Å²) < 4.78 is 0. The second-order valence-corrected chi connectivity index (χ2v) is 8.14. The Morgan fingerprint density at radius 1 is 0.667 bits per heavy atom. The molecule has 3 heteroatoms. The lowest BCUT2D eigenvalue weighted by Crippen LogP contribution is -2.25. The first-order valence-corrected chi connectivity index (χ1v) is 9.27. The molecule has 0 bridgehead atoms. The molecule has 0 spiro atoms. The molecule has 0 heterocycles. The highest BCUT2D eigenvalue weighted by Gasteiger charge is 2.25. The smallest absolute Gasteiger partial charge is 0.123 e. The summed E-state index contributed by atoms with van der Waals surface area (Å²) in [6.45, 7) is 6.29. The summed E-state index contributed by atoms with van der Waals surface area (Å²) in [7, 11) is -1.04. The SMILES string of the molecule is Cc1cc(C)c(P(c2ccccc2O)c2ccccc2O)c(C)c1. The third kappa shape index (κ3) is 3.02. The van der Waals surface area contributed by atoms with Crippen LogP contribution in [0.4, 0.5) is 0 Å². The Morgan fingerprint density at radius 2 is 1.08 bits per heavy atom. The van der Waals surface area contributed by atoms with Gasteiger partial charge >= 0.3 is 0 Å². The summed E-state index contributed by atoms with van der Waals surface area (Å²) in [6.07, 6.45) is 0. The number of hydrogen-bond donors (Lipinski definition) is 2. The van der Waals surface area contributed by atoms with E-state index in [9.17, 15) is 10.2 Å². The molecular weight excluding hydrogens is 315 g/mol. The molecule has 0 saturated heterocycles. The van der Waals surface area contributed by atoms with Gasteiger partial charge in [-0.25, -0.2) is 0 Å². The number of para-hydroxylation sites is 2. The normalized spacial score (nSPS) is 11.0. The molecular formula is C21H21O2P. The summed E-state index contributed by atoms with van der Waals surface area (Å²) in [4.78, 5) is 0. The molecule has 0 atom stereocenters. The van der Waals surface area contributed by atoms with E-state index in [0.29, 0.717) is 0 Å². The van der Waals surface area contributed by atoms with Crippen molar-refractivity contribution < 1.29 is 10.2 Å². The molecule has 0 aliphatic heterocycles. The first-order valence-electron chi connectivity index (χ1n) is 7.93. The van der Waals surface area contributed by atoms with Crippen LogP contribution in [0.1, 0.15) is 16.7 Å². The van der Waals surface area contributed by atoms with Gasteiger partial charge in [-0.15, -0.1) is 0 Å². The minimum Gasteiger partial charge on any atom is -0.507 e. The Hall–Kier alpha value is -2.31. The van der Waals surface area contributed by atoms with E-state index < -0.39 is 7.92 Å². The Bertz CT molecular complexity index is 818. The van der Waals surface area contributed by atoms with Gasteiger partial charge in [-0.05, 0) is 57.3 Å². The van der Waals surface area contributed by atoms with Crippen molar-refractivity contribution in [2.45, 2.75) is 20.8 Å². The molecule has 0 radical (unpaired) electrons. The fourth-order valence-electron chi connectivity index (χ4n) is 3.20. The molecule has 0 aromatic heterocycles. The summed E-state index contributed by atoms with van der Waals surface area (Å²) in [5.41, 5.74) is 3.59. The minimum atomic E-state index is -1.04. The molecule has 3 aromatic rings. The number of aryl methyl sites for hydroxylation is 3. The molecule has 122 valence electrons. The Balaban J connectivity index is 2.33. The van der Waals surface area contributed by atoms with Crippen LogP contribution in [0.2, 0.25) is 0 Å². The second-order valence-electron chi connectivity index (χ2n) is 6.06. The molecule has 0 saturated carbocycles. The Labute approximate surface area is 144 Å². The summed E-state index contributed by atoms with van der Waals surface area (Å²) in [5.74, 6) is 0.539. The maximum atomic E-state index is 10.5. The number of benzene rings is 3. The largest absolute Gasteiger partial charge is 0.507 e. The fraction of sp³-hybridized carbons (Fsp3) is 0.143. The maximum Gasteiger partial charge on any atom is 0.123 e. The highest BCUT2D eigenvalue weighted by atomic mass is 31.1. The highest BCUT2D eigenvalue weighted by Crippen LogP contribution is 2.40. The number of phenolic OH excluding ortho intramolecular Hbond substituents is 2. The minimum absolute atomic E-state index is 0.270. The zero-order chi connectivity index (χ0) is 17.3. The van der Waals surface area contributed by atoms with Gasteiger partial charge in [-0.2, -0.15) is 0 Å². The Morgan fingerprint density at radius 3 is 1.50 bits per heavy atom. The van der Waals surface area contributed by atoms with Crippen LogP contribution in [-0.2, 0) is 0 Å². The summed E-state index contributed by atoms with van der Waals surface area (Å²) in [5, 5.41) is 23.9. The van der Waals surface area contributed by atoms with Crippen LogP contribution in [0.3, 0.4) is 0 Å². The Kier molecular flexibility index (Phi) is 4.59. The predicted molar refractivity (Wildman–Crippen MR) is 103 cm³/mol. The molecule has 0 amide bonds. The third-order valence-corrected chi connectivity index (χ3v) is 6.98. The zero-order valence-corrected chi connectivity index (χ0v) is 15.0. The zero-order valence-electron chi connectivity index (χ0n) is 14.1. The number of hydrogen-bond acceptors (Lipinski definition) is 2. The number of phenols is 2. The van der Waals surface area contributed by atoms with Gasteiger partial charge in [0, 0.05) is 10.6 Å². The topological polar surface area (TPSA) is 40.5 Å². The van der Waals surface area contributed by atoms with E-state index in [1.165, 1.54) is 22.0 Å². The van der Waals surface area contributed by atoms with Crippen molar-refractivity contribution in [3.05, 3.63) is 77.4 Å². The third-order valence-electron chi connectivity index (χ3n) is 4.10. The van der Waals surface area contributed by atoms with E-state index >= 15 is 0 Å². The molecule has 0 aliphatic rings. The lowest BCUT2D eigenvalue weighted by molar-refractivity contribution is 0.479. The van der Waals surface area contributed by atoms with Crippen LogP contribution >= 0.6 is 7.92 Å². The van der Waals surface area contributed by atoms with E-state index in [1.54, 1.807) is 12.1 Å². The summed E-state index contributed by atoms with van der Waals surface area (Å²) >= 11 is 0. The monoisotopic (exact) mass is 336 g/mol. The van der Waals surface area contributed by atoms with Crippen molar-refractivity contribution in [1.82, 2.24) is 0 Å². The lowest BCUT2D eigenvalue weighted by atomic mass is 10.1. The number of aromatic hydroxyl groups is 2. The lowest BCUT2D eigenvalue weighted by Gasteiger charge is -2.25. The maximum absolute atomic E-state index is 10.5. The second kappa shape index (κ2) is 6.67. The average Bonchev–Trinajstić information content (AvgIpc) is 2.52. The van der Waals surface area contributed by atoms with Crippen LogP contribution in [0.5, 0.6) is 11.5 Å². The van der Waals surface area contributed by atoms with Crippen LogP contribution in [0.25, 0.3) is 0 Å². The van der Waals surface area contributed by atoms with Crippen molar-refractivity contribution in [1.29, 1.82) is 0 Å². The van der Waals surface area contributed by atoms with Gasteiger partial charge < -0.3 is 10.2 Å². The van der Waals surface area contributed by atoms with Gasteiger partial charge in [-0.1, -0.05) is 54.1 Å². The highest BCUT2D eigenvalue weighted by molar-refractivity contribution is 7.80. The summed E-state index contributed by atoms with van der Waals surface area (Å²) in [6, 6.07) is 19.2. The van der Waals surface area contributed by atoms with E-state index in [-0.39, 0.29) is 11.5 Å². The first kappa shape index (κ1) is 16.5. The number of rotatable bonds is 3. The van der Waals surface area contributed by atoms with Gasteiger partial charge in [0.1, 0.15) is 11.5 Å². The first-order chi connectivity index (χ1) is 11.5. The van der Waals surface area contributed by atoms with Gasteiger partial charge in [0.05, 0.1) is 0 Å². The van der Waals surface area contributed by atoms with Crippen molar-refractivity contribution in [3.8, 4) is 11.5 Å². The van der Waals surface area contributed by atoms with Crippen LogP contribution < -0.4 is 15.9 Å². The van der Waals surface area contributed by atoms with Crippen molar-refractivity contribution in [2.75, 3.05) is 0 Å². The molecule has 2 nitrogen and oxygen atoms in total. The van der Waals surface area contributed by atoms with Gasteiger partial charge in [-0.3, -0.25) is 0 Å². The standard InChI is InChI=1S/C21H21O2P/c1-14-12-15(2)21(16(3)13-14)24(19-10-6-4-8-17(19)22)20-11-7-5-9-18(20)23/h4-13,22-23H,1-3H3. The van der Waals surface area contributed by atoms with Crippen LogP contribution in [0.15, 0.2) is 60.7 Å². The van der Waals surface area contributed by atoms with Crippen LogP contribution in [0, 0.1) is 20.8 Å². The average molecular weight is 336 g/mol. The molecule has 0 unspecified atom stereocenters. The molecule has 24 heavy (non-hydrogen) atoms. The van der Waals surface area contributed by atoms with Crippen LogP contribution in [-0.4, -0.2) is 10.2 Å². The molecule has 3 aromatic carbocycles. The molecule has 0 aliphatic carbocycles. The van der Waals surface area contributed by atoms with Gasteiger partial charge in [0.15, 0.2) is 0 Å². The van der Waals surface area contributed by atoms with Crippen molar-refractivity contribution >= 4 is 23.8 Å². The quantitative estimate of drug-likeness (QED) is 0.715. The van der Waals surface area contributed by atoms with Crippen molar-refractivity contribution in [2.24, 2.45) is 0 Å². The molecule has 2 N–H and O–H groups in total. The molecule has 3 rings (SSSR count). The molecule has 0 fully saturated rings. The van der Waals surface area contributed by atoms with Gasteiger partial charge in [0.25, 0.3) is 0 Å². The van der Waals surface area contributed by atoms with E-state index in [2.05, 4.69) is 32.9 Å². The van der Waals surface area contributed by atoms with E-state index in [0.717, 1.165) is 10.6 Å². The van der Waals surface area contributed by atoms with Gasteiger partial charge in [0.2, 0.25) is 0 Å². The van der Waals surface area contributed by atoms with E-state index in [4.69, 9.17) is 0 Å². The fourth-order valence-corrected chi connectivity index (χ4v) is 5.86. The van der Waals surface area contributed by atoms with E-state index in [1.807, 2.05) is 36.4 Å². The predicted octanol–water partition coefficient (Wildman–Crippen LogP) is 3.78. The van der Waals surface area contributed by atoms with Crippen molar-refractivity contribution in [3.63, 3.8) is 0 Å².